The molecule has 3 N–H and O–H groups in total. The van der Waals surface area contributed by atoms with Crippen LogP contribution in [0.4, 0.5) is 4.79 Å². The average Bonchev–Trinajstić information content (AvgIpc) is 2.55. The van der Waals surface area contributed by atoms with E-state index in [-0.39, 0.29) is 0 Å². The van der Waals surface area contributed by atoms with Crippen LogP contribution in [0, 0.1) is 0 Å². The van der Waals surface area contributed by atoms with Crippen LogP contribution in [0.3, 0.4) is 0 Å². The Morgan fingerprint density at radius 3 is 2.41 bits per heavy atom. The molecule has 1 saturated heterocycles. The maximum absolute atomic E-state index is 12.0. The summed E-state index contributed by atoms with van der Waals surface area (Å²) >= 11 is 0. The van der Waals surface area contributed by atoms with Crippen molar-refractivity contribution < 1.29 is 14.3 Å². The van der Waals surface area contributed by atoms with E-state index in [2.05, 4.69) is 25.8 Å². The van der Waals surface area contributed by atoms with Gasteiger partial charge in [0.15, 0.2) is 5.96 Å². The Bertz CT molecular complexity index is 468. The molecule has 0 aromatic carbocycles. The van der Waals surface area contributed by atoms with Gasteiger partial charge in [-0.15, -0.1) is 0 Å². The summed E-state index contributed by atoms with van der Waals surface area (Å²) in [5.74, 6) is 0.763. The molecule has 1 fully saturated rings. The number of aliphatic imine (C=N–C) groups is 1. The van der Waals surface area contributed by atoms with Gasteiger partial charge in [0.25, 0.3) is 0 Å². The quantitative estimate of drug-likeness (QED) is 0.334. The number of nitrogens with zero attached hydrogens (tertiary/aromatic N) is 2. The normalized spacial score (nSPS) is 16.7. The molecule has 1 aliphatic heterocycles. The maximum Gasteiger partial charge on any atom is 0.408 e. The van der Waals surface area contributed by atoms with Gasteiger partial charge in [0.2, 0.25) is 0 Å². The topological polar surface area (TPSA) is 87.2 Å². The average molecular weight is 386 g/mol. The number of ether oxygens (including phenoxy) is 2. The fourth-order valence-corrected chi connectivity index (χ4v) is 2.57. The monoisotopic (exact) mass is 385 g/mol. The summed E-state index contributed by atoms with van der Waals surface area (Å²) in [6, 6.07) is 0. The highest BCUT2D eigenvalue weighted by molar-refractivity contribution is 5.79. The highest BCUT2D eigenvalue weighted by Gasteiger charge is 2.24. The lowest BCUT2D eigenvalue weighted by Gasteiger charge is -2.28. The van der Waals surface area contributed by atoms with Gasteiger partial charge < -0.3 is 25.4 Å². The first-order chi connectivity index (χ1) is 12.6. The molecular formula is C19H39N5O3. The van der Waals surface area contributed by atoms with E-state index in [4.69, 9.17) is 9.47 Å². The predicted molar refractivity (Wildman–Crippen MR) is 109 cm³/mol. The van der Waals surface area contributed by atoms with Crippen LogP contribution in [0.1, 0.15) is 48.0 Å². The van der Waals surface area contributed by atoms with Gasteiger partial charge in [-0.05, 0) is 54.5 Å². The molecule has 0 aliphatic carbocycles. The molecule has 1 heterocycles. The molecule has 158 valence electrons. The van der Waals surface area contributed by atoms with Crippen molar-refractivity contribution >= 4 is 12.1 Å². The van der Waals surface area contributed by atoms with Crippen LogP contribution in [0.2, 0.25) is 0 Å². The summed E-state index contributed by atoms with van der Waals surface area (Å²) in [5, 5.41) is 9.49. The maximum atomic E-state index is 12.0. The highest BCUT2D eigenvalue weighted by atomic mass is 16.6. The summed E-state index contributed by atoms with van der Waals surface area (Å²) in [5.41, 5.74) is -1.01. The summed E-state index contributed by atoms with van der Waals surface area (Å²) in [7, 11) is 0. The van der Waals surface area contributed by atoms with Crippen molar-refractivity contribution in [3.8, 4) is 0 Å². The minimum atomic E-state index is -0.513. The summed E-state index contributed by atoms with van der Waals surface area (Å²) < 4.78 is 10.7. The largest absolute Gasteiger partial charge is 0.444 e. The lowest BCUT2D eigenvalue weighted by Crippen LogP contribution is -2.49. The summed E-state index contributed by atoms with van der Waals surface area (Å²) in [6.45, 7) is 18.3. The lowest BCUT2D eigenvalue weighted by molar-refractivity contribution is 0.0376. The van der Waals surface area contributed by atoms with Gasteiger partial charge in [0.1, 0.15) is 5.60 Å². The molecule has 0 spiro atoms. The van der Waals surface area contributed by atoms with Crippen LogP contribution < -0.4 is 16.0 Å². The van der Waals surface area contributed by atoms with Gasteiger partial charge in [-0.25, -0.2) is 4.79 Å². The van der Waals surface area contributed by atoms with Gasteiger partial charge >= 0.3 is 6.09 Å². The van der Waals surface area contributed by atoms with E-state index >= 15 is 0 Å². The Hall–Kier alpha value is -1.54. The number of carbonyl (C=O) groups is 1. The summed E-state index contributed by atoms with van der Waals surface area (Å²) in [4.78, 5) is 19.0. The van der Waals surface area contributed by atoms with Crippen LogP contribution in [-0.4, -0.2) is 80.6 Å². The fraction of sp³-hybridized carbons (Fsp3) is 0.895. The van der Waals surface area contributed by atoms with Gasteiger partial charge in [0, 0.05) is 26.2 Å². The molecule has 1 aliphatic rings. The zero-order chi connectivity index (χ0) is 20.3. The molecule has 8 nitrogen and oxygen atoms in total. The minimum Gasteiger partial charge on any atom is -0.444 e. The summed E-state index contributed by atoms with van der Waals surface area (Å²) in [6.07, 6.45) is 0.621. The number of nitrogens with one attached hydrogen (secondary N) is 3. The number of guanidine groups is 1. The molecule has 0 saturated carbocycles. The first-order valence-corrected chi connectivity index (χ1v) is 9.95. The van der Waals surface area contributed by atoms with Gasteiger partial charge in [-0.3, -0.25) is 9.89 Å². The number of carbonyl (C=O) groups excluding carboxylic acids is 1. The molecule has 0 aromatic heterocycles. The van der Waals surface area contributed by atoms with Gasteiger partial charge in [-0.1, -0.05) is 0 Å². The molecule has 1 amide bonds. The molecule has 0 atom stereocenters. The van der Waals surface area contributed by atoms with Crippen LogP contribution in [0.25, 0.3) is 0 Å². The lowest BCUT2D eigenvalue weighted by atomic mass is 10.1. The molecule has 1 rings (SSSR count). The van der Waals surface area contributed by atoms with Crippen molar-refractivity contribution in [2.45, 2.75) is 59.1 Å². The smallest absolute Gasteiger partial charge is 0.408 e. The Morgan fingerprint density at radius 2 is 1.81 bits per heavy atom. The third-order valence-corrected chi connectivity index (χ3v) is 3.86. The van der Waals surface area contributed by atoms with Crippen molar-refractivity contribution in [3.05, 3.63) is 0 Å². The van der Waals surface area contributed by atoms with Crippen LogP contribution >= 0.6 is 0 Å². The number of hydrogen-bond acceptors (Lipinski definition) is 5. The molecule has 0 radical (unpaired) electrons. The number of alkyl carbamates (subject to hydrolysis) is 1. The Labute approximate surface area is 164 Å². The van der Waals surface area contributed by atoms with E-state index in [9.17, 15) is 4.79 Å². The van der Waals surface area contributed by atoms with Gasteiger partial charge in [-0.2, -0.15) is 0 Å². The van der Waals surface area contributed by atoms with Crippen molar-refractivity contribution in [2.75, 3.05) is 52.5 Å². The second kappa shape index (κ2) is 11.3. The second-order valence-corrected chi connectivity index (χ2v) is 8.44. The van der Waals surface area contributed by atoms with Crippen molar-refractivity contribution in [2.24, 2.45) is 4.99 Å². The molecule has 0 aromatic rings. The first-order valence-electron chi connectivity index (χ1n) is 9.95. The number of morpholine rings is 1. The number of hydrogen-bond donors (Lipinski definition) is 3. The van der Waals surface area contributed by atoms with Crippen LogP contribution in [0.15, 0.2) is 4.99 Å². The Kier molecular flexibility index (Phi) is 9.87. The second-order valence-electron chi connectivity index (χ2n) is 8.44. The standard InChI is InChI=1S/C19H39N5O3/c1-7-20-16(21-9-8-10-24-11-13-26-14-12-24)22-15-19(5,6)23-17(25)27-18(2,3)4/h7-15H2,1-6H3,(H,23,25)(H2,20,21,22). The van der Waals surface area contributed by atoms with E-state index in [0.29, 0.717) is 6.54 Å². The fourth-order valence-electron chi connectivity index (χ4n) is 2.57. The van der Waals surface area contributed by atoms with Crippen molar-refractivity contribution in [3.63, 3.8) is 0 Å². The highest BCUT2D eigenvalue weighted by Crippen LogP contribution is 2.09. The molecule has 0 bridgehead atoms. The Morgan fingerprint density at radius 1 is 1.15 bits per heavy atom. The minimum absolute atomic E-state index is 0.425. The zero-order valence-corrected chi connectivity index (χ0v) is 18.0. The van der Waals surface area contributed by atoms with E-state index in [1.807, 2.05) is 41.5 Å². The van der Waals surface area contributed by atoms with Crippen LogP contribution in [0.5, 0.6) is 0 Å². The van der Waals surface area contributed by atoms with Crippen molar-refractivity contribution in [1.82, 2.24) is 20.9 Å². The molecule has 27 heavy (non-hydrogen) atoms. The SMILES string of the molecule is CCNC(=NCC(C)(C)NC(=O)OC(C)(C)C)NCCCN1CCOCC1. The molecule has 8 heteroatoms. The zero-order valence-electron chi connectivity index (χ0n) is 18.0. The van der Waals surface area contributed by atoms with Gasteiger partial charge in [0.05, 0.1) is 25.3 Å². The van der Waals surface area contributed by atoms with Crippen LogP contribution in [-0.2, 0) is 9.47 Å². The van der Waals surface area contributed by atoms with E-state index in [0.717, 1.165) is 58.3 Å². The number of amides is 1. The first kappa shape index (κ1) is 23.5. The van der Waals surface area contributed by atoms with Crippen molar-refractivity contribution in [1.29, 1.82) is 0 Å². The third-order valence-electron chi connectivity index (χ3n) is 3.86. The Balaban J connectivity index is 2.40. The molecule has 0 unspecified atom stereocenters. The van der Waals surface area contributed by atoms with E-state index < -0.39 is 17.2 Å². The van der Waals surface area contributed by atoms with E-state index in [1.54, 1.807) is 0 Å². The van der Waals surface area contributed by atoms with E-state index in [1.165, 1.54) is 0 Å². The predicted octanol–water partition coefficient (Wildman–Crippen LogP) is 1.57. The molecular weight excluding hydrogens is 346 g/mol. The third kappa shape index (κ3) is 11.7. The number of rotatable bonds is 8.